The van der Waals surface area contributed by atoms with Crippen LogP contribution in [0.2, 0.25) is 5.02 Å². The predicted octanol–water partition coefficient (Wildman–Crippen LogP) is 2.52. The van der Waals surface area contributed by atoms with Crippen LogP contribution in [0.4, 0.5) is 5.69 Å². The summed E-state index contributed by atoms with van der Waals surface area (Å²) in [6.07, 6.45) is 2.78. The highest BCUT2D eigenvalue weighted by Gasteiger charge is 2.24. The van der Waals surface area contributed by atoms with Gasteiger partial charge in [-0.15, -0.1) is 0 Å². The van der Waals surface area contributed by atoms with Crippen molar-refractivity contribution < 1.29 is 19.1 Å². The Morgan fingerprint density at radius 1 is 1.42 bits per heavy atom. The predicted molar refractivity (Wildman–Crippen MR) is 89.0 cm³/mol. The number of anilines is 1. The number of aliphatic hydroxyl groups is 1. The van der Waals surface area contributed by atoms with Gasteiger partial charge in [-0.1, -0.05) is 11.6 Å². The van der Waals surface area contributed by atoms with Gasteiger partial charge in [0.25, 0.3) is 5.91 Å². The number of nitrogens with one attached hydrogen (secondary N) is 1. The molecule has 1 fully saturated rings. The summed E-state index contributed by atoms with van der Waals surface area (Å²) in [7, 11) is 0. The van der Waals surface area contributed by atoms with Gasteiger partial charge < -0.3 is 19.7 Å². The van der Waals surface area contributed by atoms with Crippen molar-refractivity contribution in [1.82, 2.24) is 5.32 Å². The molecule has 1 aliphatic rings. The highest BCUT2D eigenvalue weighted by molar-refractivity contribution is 6.34. The fraction of sp³-hybridized carbons (Fsp3) is 0.294. The van der Waals surface area contributed by atoms with E-state index in [4.69, 9.17) is 16.0 Å². The van der Waals surface area contributed by atoms with Crippen LogP contribution in [0.15, 0.2) is 41.0 Å². The number of carbonyl (C=O) groups excluding carboxylic acids is 2. The number of amides is 2. The highest BCUT2D eigenvalue weighted by atomic mass is 35.5. The largest absolute Gasteiger partial charge is 0.467 e. The van der Waals surface area contributed by atoms with Crippen molar-refractivity contribution in [2.75, 3.05) is 18.1 Å². The number of hydrogen-bond acceptors (Lipinski definition) is 4. The van der Waals surface area contributed by atoms with E-state index in [1.54, 1.807) is 35.2 Å². The molecule has 1 aromatic carbocycles. The monoisotopic (exact) mass is 348 g/mol. The van der Waals surface area contributed by atoms with E-state index in [1.165, 1.54) is 6.26 Å². The first-order valence-corrected chi connectivity index (χ1v) is 8.03. The number of carbonyl (C=O) groups is 2. The van der Waals surface area contributed by atoms with Crippen LogP contribution >= 0.6 is 11.6 Å². The molecule has 1 aromatic heterocycles. The SMILES string of the molecule is O=C(NC(CO)c1ccco1)c1cc(N2CCCC2=O)ccc1Cl. The third-order valence-electron chi connectivity index (χ3n) is 3.95. The number of nitrogens with zero attached hydrogens (tertiary/aromatic N) is 1. The molecule has 1 saturated heterocycles. The summed E-state index contributed by atoms with van der Waals surface area (Å²) in [5.74, 6) is 0.0456. The second-order valence-electron chi connectivity index (χ2n) is 5.54. The van der Waals surface area contributed by atoms with E-state index < -0.39 is 11.9 Å². The van der Waals surface area contributed by atoms with Crippen LogP contribution in [-0.2, 0) is 4.79 Å². The molecule has 0 spiro atoms. The first-order chi connectivity index (χ1) is 11.6. The van der Waals surface area contributed by atoms with Crippen molar-refractivity contribution >= 4 is 29.1 Å². The van der Waals surface area contributed by atoms with E-state index in [1.807, 2.05) is 0 Å². The van der Waals surface area contributed by atoms with Gasteiger partial charge in [0.2, 0.25) is 5.91 Å². The Balaban J connectivity index is 1.82. The molecule has 1 atom stereocenters. The molecule has 2 amide bonds. The van der Waals surface area contributed by atoms with Crippen LogP contribution in [0.3, 0.4) is 0 Å². The summed E-state index contributed by atoms with van der Waals surface area (Å²) in [5, 5.41) is 12.4. The van der Waals surface area contributed by atoms with Crippen molar-refractivity contribution in [3.63, 3.8) is 0 Å². The third kappa shape index (κ3) is 3.29. The Bertz CT molecular complexity index is 745. The molecular weight excluding hydrogens is 332 g/mol. The zero-order valence-corrected chi connectivity index (χ0v) is 13.6. The first-order valence-electron chi connectivity index (χ1n) is 7.65. The quantitative estimate of drug-likeness (QED) is 0.869. The van der Waals surface area contributed by atoms with Crippen molar-refractivity contribution in [1.29, 1.82) is 0 Å². The Labute approximate surface area is 144 Å². The van der Waals surface area contributed by atoms with Crippen LogP contribution in [0.5, 0.6) is 0 Å². The molecule has 0 bridgehead atoms. The highest BCUT2D eigenvalue weighted by Crippen LogP contribution is 2.27. The van der Waals surface area contributed by atoms with Gasteiger partial charge in [-0.05, 0) is 36.8 Å². The van der Waals surface area contributed by atoms with Gasteiger partial charge in [-0.2, -0.15) is 0 Å². The molecule has 1 aliphatic heterocycles. The summed E-state index contributed by atoms with van der Waals surface area (Å²) < 4.78 is 5.21. The lowest BCUT2D eigenvalue weighted by molar-refractivity contribution is -0.117. The number of aliphatic hydroxyl groups excluding tert-OH is 1. The summed E-state index contributed by atoms with van der Waals surface area (Å²) in [4.78, 5) is 26.0. The number of furan rings is 1. The van der Waals surface area contributed by atoms with E-state index in [2.05, 4.69) is 5.32 Å². The lowest BCUT2D eigenvalue weighted by Crippen LogP contribution is -2.31. The molecule has 0 radical (unpaired) electrons. The molecule has 7 heteroatoms. The van der Waals surface area contributed by atoms with Gasteiger partial charge in [-0.3, -0.25) is 9.59 Å². The van der Waals surface area contributed by atoms with Crippen molar-refractivity contribution in [3.8, 4) is 0 Å². The number of rotatable bonds is 5. The van der Waals surface area contributed by atoms with Crippen molar-refractivity contribution in [2.45, 2.75) is 18.9 Å². The Hall–Kier alpha value is -2.31. The van der Waals surface area contributed by atoms with Gasteiger partial charge in [0.05, 0.1) is 23.5 Å². The molecule has 126 valence electrons. The summed E-state index contributed by atoms with van der Waals surface area (Å²) >= 11 is 6.14. The van der Waals surface area contributed by atoms with Crippen molar-refractivity contribution in [2.24, 2.45) is 0 Å². The number of hydrogen-bond donors (Lipinski definition) is 2. The third-order valence-corrected chi connectivity index (χ3v) is 4.28. The fourth-order valence-corrected chi connectivity index (χ4v) is 2.91. The Kier molecular flexibility index (Phi) is 4.87. The Morgan fingerprint density at radius 3 is 2.88 bits per heavy atom. The molecule has 2 aromatic rings. The molecule has 2 N–H and O–H groups in total. The molecule has 3 rings (SSSR count). The number of halogens is 1. The Morgan fingerprint density at radius 2 is 2.25 bits per heavy atom. The molecule has 1 unspecified atom stereocenters. The average molecular weight is 349 g/mol. The maximum absolute atomic E-state index is 12.5. The van der Waals surface area contributed by atoms with Crippen LogP contribution in [0.25, 0.3) is 0 Å². The van der Waals surface area contributed by atoms with Gasteiger partial charge in [0.15, 0.2) is 0 Å². The topological polar surface area (TPSA) is 82.8 Å². The molecule has 2 heterocycles. The maximum atomic E-state index is 12.5. The summed E-state index contributed by atoms with van der Waals surface area (Å²) in [5.41, 5.74) is 0.893. The standard InChI is InChI=1S/C17H17ClN2O4/c18-13-6-5-11(20-7-1-4-16(20)22)9-12(13)17(23)19-14(10-21)15-3-2-8-24-15/h2-3,5-6,8-9,14,21H,1,4,7,10H2,(H,19,23). The van der Waals surface area contributed by atoms with Gasteiger partial charge in [-0.25, -0.2) is 0 Å². The first kappa shape index (κ1) is 16.5. The molecule has 24 heavy (non-hydrogen) atoms. The zero-order chi connectivity index (χ0) is 17.1. The molecule has 0 aliphatic carbocycles. The molecule has 6 nitrogen and oxygen atoms in total. The second-order valence-corrected chi connectivity index (χ2v) is 5.94. The van der Waals surface area contributed by atoms with Gasteiger partial charge >= 0.3 is 0 Å². The lowest BCUT2D eigenvalue weighted by Gasteiger charge is -2.18. The molecular formula is C17H17ClN2O4. The van der Waals surface area contributed by atoms with Crippen LogP contribution in [-0.4, -0.2) is 30.1 Å². The second kappa shape index (κ2) is 7.07. The van der Waals surface area contributed by atoms with Crippen LogP contribution < -0.4 is 10.2 Å². The smallest absolute Gasteiger partial charge is 0.253 e. The van der Waals surface area contributed by atoms with E-state index in [0.29, 0.717) is 24.4 Å². The van der Waals surface area contributed by atoms with Crippen LogP contribution in [0.1, 0.15) is 35.0 Å². The zero-order valence-electron chi connectivity index (χ0n) is 12.9. The van der Waals surface area contributed by atoms with Crippen molar-refractivity contribution in [3.05, 3.63) is 52.9 Å². The normalized spacial score (nSPS) is 15.6. The van der Waals surface area contributed by atoms with E-state index >= 15 is 0 Å². The summed E-state index contributed by atoms with van der Waals surface area (Å²) in [6.45, 7) is 0.328. The average Bonchev–Trinajstić information content (AvgIpc) is 3.24. The molecule has 0 saturated carbocycles. The van der Waals surface area contributed by atoms with E-state index in [-0.39, 0.29) is 23.1 Å². The van der Waals surface area contributed by atoms with E-state index in [9.17, 15) is 14.7 Å². The van der Waals surface area contributed by atoms with Gasteiger partial charge in [0.1, 0.15) is 11.8 Å². The minimum absolute atomic E-state index is 0.0347. The van der Waals surface area contributed by atoms with E-state index in [0.717, 1.165) is 6.42 Å². The minimum atomic E-state index is -0.666. The lowest BCUT2D eigenvalue weighted by atomic mass is 10.1. The van der Waals surface area contributed by atoms with Crippen LogP contribution in [0, 0.1) is 0 Å². The fourth-order valence-electron chi connectivity index (χ4n) is 2.71. The number of benzene rings is 1. The van der Waals surface area contributed by atoms with Gasteiger partial charge in [0, 0.05) is 18.7 Å². The summed E-state index contributed by atoms with van der Waals surface area (Å²) in [6, 6.07) is 7.59. The minimum Gasteiger partial charge on any atom is -0.467 e. The maximum Gasteiger partial charge on any atom is 0.253 e.